The molecule has 0 bridgehead atoms. The molecule has 126 valence electrons. The van der Waals surface area contributed by atoms with Gasteiger partial charge in [0.2, 0.25) is 0 Å². The van der Waals surface area contributed by atoms with E-state index in [1.54, 1.807) is 0 Å². The van der Waals surface area contributed by atoms with Crippen LogP contribution in [0.2, 0.25) is 0 Å². The van der Waals surface area contributed by atoms with Crippen molar-refractivity contribution in [3.63, 3.8) is 0 Å². The van der Waals surface area contributed by atoms with Crippen molar-refractivity contribution < 1.29 is 23.1 Å². The van der Waals surface area contributed by atoms with Crippen LogP contribution in [0.1, 0.15) is 32.1 Å². The van der Waals surface area contributed by atoms with Crippen molar-refractivity contribution in [2.24, 2.45) is 11.8 Å². The van der Waals surface area contributed by atoms with E-state index >= 15 is 0 Å². The zero-order valence-corrected chi connectivity index (χ0v) is 12.5. The van der Waals surface area contributed by atoms with E-state index in [0.717, 1.165) is 19.3 Å². The Morgan fingerprint density at radius 2 is 1.95 bits per heavy atom. The Kier molecular flexibility index (Phi) is 5.72. The topological polar surface area (TPSA) is 52.6 Å². The molecule has 1 fully saturated rings. The molecule has 1 aliphatic heterocycles. The molecule has 0 saturated carbocycles. The average Bonchev–Trinajstić information content (AvgIpc) is 2.52. The van der Waals surface area contributed by atoms with Crippen molar-refractivity contribution in [1.82, 2.24) is 10.2 Å². The highest BCUT2D eigenvalue weighted by atomic mass is 19.4. The second-order valence-corrected chi connectivity index (χ2v) is 6.15. The second kappa shape index (κ2) is 7.35. The number of aliphatic hydroxyl groups excluding tert-OH is 1. The van der Waals surface area contributed by atoms with Crippen LogP contribution in [0, 0.1) is 11.8 Å². The number of aliphatic hydroxyl groups is 1. The molecule has 0 unspecified atom stereocenters. The van der Waals surface area contributed by atoms with Gasteiger partial charge < -0.3 is 15.3 Å². The third kappa shape index (κ3) is 4.63. The first-order valence-corrected chi connectivity index (χ1v) is 7.80. The van der Waals surface area contributed by atoms with Crippen molar-refractivity contribution >= 4 is 6.03 Å². The van der Waals surface area contributed by atoms with E-state index in [1.165, 1.54) is 4.90 Å². The molecule has 1 saturated heterocycles. The van der Waals surface area contributed by atoms with Gasteiger partial charge in [0, 0.05) is 19.6 Å². The number of likely N-dealkylation sites (tertiary alicyclic amines) is 1. The number of nitrogens with zero attached hydrogens (tertiary/aromatic N) is 1. The minimum absolute atomic E-state index is 0.181. The molecule has 1 aliphatic carbocycles. The predicted octanol–water partition coefficient (Wildman–Crippen LogP) is 2.69. The zero-order valence-electron chi connectivity index (χ0n) is 12.5. The van der Waals surface area contributed by atoms with Gasteiger partial charge in [-0.1, -0.05) is 12.2 Å². The first kappa shape index (κ1) is 17.1. The molecule has 2 aliphatic rings. The number of amides is 2. The average molecular weight is 320 g/mol. The summed E-state index contributed by atoms with van der Waals surface area (Å²) in [7, 11) is 0. The lowest BCUT2D eigenvalue weighted by Gasteiger charge is -2.35. The SMILES string of the molecule is O=C(NC[C@@H]1CC=CCC1)N1CCC([C@@H](O)C(F)(F)F)CC1. The number of hydrogen-bond donors (Lipinski definition) is 2. The summed E-state index contributed by atoms with van der Waals surface area (Å²) in [5.74, 6) is -0.369. The molecule has 1 heterocycles. The minimum Gasteiger partial charge on any atom is -0.383 e. The van der Waals surface area contributed by atoms with Gasteiger partial charge in [0.05, 0.1) is 0 Å². The van der Waals surface area contributed by atoms with Crippen molar-refractivity contribution in [2.45, 2.75) is 44.4 Å². The van der Waals surface area contributed by atoms with E-state index in [0.29, 0.717) is 12.5 Å². The summed E-state index contributed by atoms with van der Waals surface area (Å²) in [6, 6.07) is -0.213. The molecule has 0 radical (unpaired) electrons. The lowest BCUT2D eigenvalue weighted by atomic mass is 9.91. The highest BCUT2D eigenvalue weighted by Gasteiger charge is 2.44. The number of rotatable bonds is 3. The van der Waals surface area contributed by atoms with Crippen LogP contribution in [0.5, 0.6) is 0 Å². The van der Waals surface area contributed by atoms with Crippen LogP contribution in [0.15, 0.2) is 12.2 Å². The van der Waals surface area contributed by atoms with Crippen LogP contribution < -0.4 is 5.32 Å². The van der Waals surface area contributed by atoms with Gasteiger partial charge in [0.1, 0.15) is 0 Å². The first-order chi connectivity index (χ1) is 10.4. The maximum atomic E-state index is 12.5. The van der Waals surface area contributed by atoms with Gasteiger partial charge in [-0.2, -0.15) is 13.2 Å². The zero-order chi connectivity index (χ0) is 16.2. The molecular formula is C15H23F3N2O2. The predicted molar refractivity (Wildman–Crippen MR) is 76.2 cm³/mol. The van der Waals surface area contributed by atoms with Crippen molar-refractivity contribution in [1.29, 1.82) is 0 Å². The van der Waals surface area contributed by atoms with Crippen LogP contribution in [-0.4, -0.2) is 48.0 Å². The number of urea groups is 1. The fourth-order valence-corrected chi connectivity index (χ4v) is 3.07. The van der Waals surface area contributed by atoms with Crippen molar-refractivity contribution in [3.05, 3.63) is 12.2 Å². The Morgan fingerprint density at radius 3 is 2.50 bits per heavy atom. The van der Waals surface area contributed by atoms with Crippen LogP contribution in [0.3, 0.4) is 0 Å². The molecule has 0 aromatic rings. The van der Waals surface area contributed by atoms with Crippen molar-refractivity contribution in [2.75, 3.05) is 19.6 Å². The lowest BCUT2D eigenvalue weighted by Crippen LogP contribution is -2.48. The molecule has 2 rings (SSSR count). The van der Waals surface area contributed by atoms with E-state index in [1.807, 2.05) is 0 Å². The van der Waals surface area contributed by atoms with Crippen LogP contribution in [0.25, 0.3) is 0 Å². The van der Waals surface area contributed by atoms with Gasteiger partial charge >= 0.3 is 12.2 Å². The number of allylic oxidation sites excluding steroid dienone is 2. The Bertz CT molecular complexity index is 404. The third-order valence-electron chi connectivity index (χ3n) is 4.53. The maximum absolute atomic E-state index is 12.5. The van der Waals surface area contributed by atoms with Gasteiger partial charge in [-0.05, 0) is 43.9 Å². The summed E-state index contributed by atoms with van der Waals surface area (Å²) in [6.45, 7) is 1.12. The first-order valence-electron chi connectivity index (χ1n) is 7.80. The quantitative estimate of drug-likeness (QED) is 0.786. The molecule has 0 spiro atoms. The molecule has 4 nitrogen and oxygen atoms in total. The summed E-state index contributed by atoms with van der Waals surface area (Å²) < 4.78 is 37.4. The van der Waals surface area contributed by atoms with E-state index in [9.17, 15) is 23.1 Å². The fourth-order valence-electron chi connectivity index (χ4n) is 3.07. The molecular weight excluding hydrogens is 297 g/mol. The smallest absolute Gasteiger partial charge is 0.383 e. The molecule has 2 atom stereocenters. The second-order valence-electron chi connectivity index (χ2n) is 6.15. The van der Waals surface area contributed by atoms with Crippen LogP contribution in [0.4, 0.5) is 18.0 Å². The molecule has 2 N–H and O–H groups in total. The largest absolute Gasteiger partial charge is 0.414 e. The third-order valence-corrected chi connectivity index (χ3v) is 4.53. The number of nitrogens with one attached hydrogen (secondary N) is 1. The molecule has 0 aromatic carbocycles. The highest BCUT2D eigenvalue weighted by molar-refractivity contribution is 5.74. The maximum Gasteiger partial charge on any atom is 0.414 e. The fraction of sp³-hybridized carbons (Fsp3) is 0.800. The van der Waals surface area contributed by atoms with Gasteiger partial charge in [0.25, 0.3) is 0 Å². The van der Waals surface area contributed by atoms with Gasteiger partial charge in [-0.3, -0.25) is 0 Å². The summed E-state index contributed by atoms with van der Waals surface area (Å²) in [5, 5.41) is 12.1. The van der Waals surface area contributed by atoms with Gasteiger partial charge in [-0.15, -0.1) is 0 Å². The summed E-state index contributed by atoms with van der Waals surface area (Å²) in [6.07, 6.45) is 0.786. The number of piperidine rings is 1. The normalized spacial score (nSPS) is 25.1. The molecule has 22 heavy (non-hydrogen) atoms. The van der Waals surface area contributed by atoms with Crippen molar-refractivity contribution in [3.8, 4) is 0 Å². The highest BCUT2D eigenvalue weighted by Crippen LogP contribution is 2.31. The minimum atomic E-state index is -4.58. The van der Waals surface area contributed by atoms with Crippen LogP contribution in [-0.2, 0) is 0 Å². The number of alkyl halides is 3. The lowest BCUT2D eigenvalue weighted by molar-refractivity contribution is -0.222. The Hall–Kier alpha value is -1.24. The monoisotopic (exact) mass is 320 g/mol. The summed E-state index contributed by atoms with van der Waals surface area (Å²) >= 11 is 0. The summed E-state index contributed by atoms with van der Waals surface area (Å²) in [4.78, 5) is 13.6. The number of halogens is 3. The summed E-state index contributed by atoms with van der Waals surface area (Å²) in [5.41, 5.74) is 0. The van der Waals surface area contributed by atoms with Gasteiger partial charge in [0.15, 0.2) is 6.10 Å². The van der Waals surface area contributed by atoms with E-state index in [-0.39, 0.29) is 32.0 Å². The molecule has 7 heteroatoms. The van der Waals surface area contributed by atoms with Crippen LogP contribution >= 0.6 is 0 Å². The van der Waals surface area contributed by atoms with E-state index in [2.05, 4.69) is 17.5 Å². The van der Waals surface area contributed by atoms with E-state index in [4.69, 9.17) is 0 Å². The van der Waals surface area contributed by atoms with Gasteiger partial charge in [-0.25, -0.2) is 4.79 Å². The van der Waals surface area contributed by atoms with E-state index < -0.39 is 18.2 Å². The number of carbonyl (C=O) groups excluding carboxylic acids is 1. The Labute approximate surface area is 128 Å². The Morgan fingerprint density at radius 1 is 1.27 bits per heavy atom. The Balaban J connectivity index is 1.71. The number of carbonyl (C=O) groups is 1. The standard InChI is InChI=1S/C15H23F3N2O2/c16-15(17,18)13(21)12-6-8-20(9-7-12)14(22)19-10-11-4-2-1-3-5-11/h1-2,11-13,21H,3-10H2,(H,19,22)/t11-,13-/m1/s1. The molecule has 2 amide bonds. The molecule has 0 aromatic heterocycles. The number of hydrogen-bond acceptors (Lipinski definition) is 2.